The van der Waals surface area contributed by atoms with Crippen LogP contribution in [-0.2, 0) is 0 Å². The number of nitrogens with one attached hydrogen (secondary N) is 1. The molecule has 3 atom stereocenters. The molecule has 2 aliphatic carbocycles. The van der Waals surface area contributed by atoms with E-state index < -0.39 is 11.7 Å². The fourth-order valence-electron chi connectivity index (χ4n) is 3.40. The Kier molecular flexibility index (Phi) is 2.73. The van der Waals surface area contributed by atoms with E-state index in [9.17, 15) is 14.3 Å². The van der Waals surface area contributed by atoms with E-state index >= 15 is 0 Å². The molecule has 2 saturated carbocycles. The average Bonchev–Trinajstić information content (AvgIpc) is 2.90. The second-order valence-electron chi connectivity index (χ2n) is 5.39. The quantitative estimate of drug-likeness (QED) is 0.845. The third kappa shape index (κ3) is 1.85. The molecule has 4 heteroatoms. The maximum absolute atomic E-state index is 13.5. The van der Waals surface area contributed by atoms with Crippen molar-refractivity contribution in [3.05, 3.63) is 29.6 Å². The van der Waals surface area contributed by atoms with Gasteiger partial charge in [-0.15, -0.1) is 0 Å². The summed E-state index contributed by atoms with van der Waals surface area (Å²) in [6.07, 6.45) is 4.57. The first-order valence-corrected chi connectivity index (χ1v) is 6.43. The van der Waals surface area contributed by atoms with Crippen molar-refractivity contribution in [1.82, 2.24) is 5.32 Å². The molecule has 1 aromatic rings. The predicted octanol–water partition coefficient (Wildman–Crippen LogP) is 2.45. The number of aromatic hydroxyl groups is 1. The van der Waals surface area contributed by atoms with Gasteiger partial charge in [0.2, 0.25) is 0 Å². The predicted molar refractivity (Wildman–Crippen MR) is 64.8 cm³/mol. The van der Waals surface area contributed by atoms with E-state index in [4.69, 9.17) is 0 Å². The van der Waals surface area contributed by atoms with E-state index in [1.54, 1.807) is 0 Å². The van der Waals surface area contributed by atoms with Gasteiger partial charge in [0.05, 0.1) is 0 Å². The van der Waals surface area contributed by atoms with Crippen LogP contribution in [0.4, 0.5) is 4.39 Å². The number of hydrogen-bond donors (Lipinski definition) is 2. The molecule has 0 heterocycles. The monoisotopic (exact) mass is 249 g/mol. The first kappa shape index (κ1) is 11.5. The highest BCUT2D eigenvalue weighted by molar-refractivity contribution is 5.97. The number of phenolic OH excluding ortho intramolecular Hbond substituents is 1. The lowest BCUT2D eigenvalue weighted by Crippen LogP contribution is -2.38. The number of hydrogen-bond acceptors (Lipinski definition) is 2. The Morgan fingerprint density at radius 1 is 1.33 bits per heavy atom. The van der Waals surface area contributed by atoms with Crippen molar-refractivity contribution >= 4 is 5.91 Å². The summed E-state index contributed by atoms with van der Waals surface area (Å²) in [5.41, 5.74) is -0.236. The fraction of sp³-hybridized carbons (Fsp3) is 0.500. The Balaban J connectivity index is 1.75. The Morgan fingerprint density at radius 2 is 2.17 bits per heavy atom. The lowest BCUT2D eigenvalue weighted by Gasteiger charge is -2.23. The summed E-state index contributed by atoms with van der Waals surface area (Å²) in [4.78, 5) is 12.0. The molecule has 0 spiro atoms. The maximum atomic E-state index is 13.5. The van der Waals surface area contributed by atoms with E-state index in [1.165, 1.54) is 31.0 Å². The van der Waals surface area contributed by atoms with Crippen molar-refractivity contribution in [2.45, 2.75) is 31.7 Å². The lowest BCUT2D eigenvalue weighted by molar-refractivity contribution is 0.0916. The number of halogens is 1. The summed E-state index contributed by atoms with van der Waals surface area (Å²) in [6, 6.07) is 4.06. The van der Waals surface area contributed by atoms with Crippen LogP contribution in [0.2, 0.25) is 0 Å². The Bertz CT molecular complexity index is 468. The normalized spacial score (nSPS) is 29.5. The molecule has 3 unspecified atom stereocenters. The van der Waals surface area contributed by atoms with E-state index in [2.05, 4.69) is 5.32 Å². The number of carbonyl (C=O) groups excluding carboxylic acids is 1. The van der Waals surface area contributed by atoms with Crippen LogP contribution >= 0.6 is 0 Å². The Hall–Kier alpha value is -1.58. The molecule has 3 rings (SSSR count). The van der Waals surface area contributed by atoms with Crippen LogP contribution < -0.4 is 5.32 Å². The summed E-state index contributed by atoms with van der Waals surface area (Å²) in [5.74, 6) is -0.211. The standard InChI is InChI=1S/C14H16FNO2/c15-10-2-1-3-12(17)13(10)14(18)16-11-7-8-4-5-9(11)6-8/h1-3,8-9,11,17H,4-7H2,(H,16,18). The van der Waals surface area contributed by atoms with Crippen molar-refractivity contribution in [3.63, 3.8) is 0 Å². The molecule has 0 saturated heterocycles. The van der Waals surface area contributed by atoms with Crippen molar-refractivity contribution in [1.29, 1.82) is 0 Å². The molecule has 1 amide bonds. The third-order valence-electron chi connectivity index (χ3n) is 4.27. The smallest absolute Gasteiger partial charge is 0.258 e. The zero-order chi connectivity index (χ0) is 12.7. The molecule has 0 radical (unpaired) electrons. The topological polar surface area (TPSA) is 49.3 Å². The van der Waals surface area contributed by atoms with Gasteiger partial charge in [0.15, 0.2) is 0 Å². The molecule has 1 aromatic carbocycles. The van der Waals surface area contributed by atoms with Crippen LogP contribution in [0.3, 0.4) is 0 Å². The molecule has 0 aliphatic heterocycles. The number of phenols is 1. The van der Waals surface area contributed by atoms with Gasteiger partial charge in [-0.1, -0.05) is 12.5 Å². The van der Waals surface area contributed by atoms with Gasteiger partial charge in [-0.2, -0.15) is 0 Å². The minimum atomic E-state index is -0.671. The first-order valence-electron chi connectivity index (χ1n) is 6.43. The van der Waals surface area contributed by atoms with Gasteiger partial charge in [-0.3, -0.25) is 4.79 Å². The highest BCUT2D eigenvalue weighted by atomic mass is 19.1. The van der Waals surface area contributed by atoms with E-state index in [1.807, 2.05) is 0 Å². The van der Waals surface area contributed by atoms with Crippen LogP contribution in [-0.4, -0.2) is 17.1 Å². The number of benzene rings is 1. The molecular weight excluding hydrogens is 233 g/mol. The number of fused-ring (bicyclic) bond motifs is 2. The SMILES string of the molecule is O=C(NC1CC2CCC1C2)c1c(O)cccc1F. The van der Waals surface area contributed by atoms with Crippen LogP contribution in [0.15, 0.2) is 18.2 Å². The highest BCUT2D eigenvalue weighted by Crippen LogP contribution is 2.44. The lowest BCUT2D eigenvalue weighted by atomic mass is 9.95. The van der Waals surface area contributed by atoms with Gasteiger partial charge >= 0.3 is 0 Å². The van der Waals surface area contributed by atoms with Crippen LogP contribution in [0, 0.1) is 17.7 Å². The van der Waals surface area contributed by atoms with Crippen LogP contribution in [0.25, 0.3) is 0 Å². The first-order chi connectivity index (χ1) is 8.65. The maximum Gasteiger partial charge on any atom is 0.258 e. The summed E-state index contributed by atoms with van der Waals surface area (Å²) in [6.45, 7) is 0. The van der Waals surface area contributed by atoms with Gasteiger partial charge < -0.3 is 10.4 Å². The van der Waals surface area contributed by atoms with Gasteiger partial charge in [0.1, 0.15) is 17.1 Å². The zero-order valence-corrected chi connectivity index (χ0v) is 10.0. The van der Waals surface area contributed by atoms with Crippen LogP contribution in [0.5, 0.6) is 5.75 Å². The summed E-state index contributed by atoms with van der Waals surface area (Å²) in [7, 11) is 0. The molecular formula is C14H16FNO2. The second kappa shape index (κ2) is 4.26. The zero-order valence-electron chi connectivity index (χ0n) is 10.0. The number of carbonyl (C=O) groups is 1. The average molecular weight is 249 g/mol. The van der Waals surface area contributed by atoms with Crippen molar-refractivity contribution in [3.8, 4) is 5.75 Å². The van der Waals surface area contributed by atoms with Crippen molar-refractivity contribution in [2.75, 3.05) is 0 Å². The molecule has 18 heavy (non-hydrogen) atoms. The number of rotatable bonds is 2. The van der Waals surface area contributed by atoms with Gasteiger partial charge in [-0.05, 0) is 43.2 Å². The Morgan fingerprint density at radius 3 is 2.78 bits per heavy atom. The van der Waals surface area contributed by atoms with E-state index in [0.717, 1.165) is 18.8 Å². The fourth-order valence-corrected chi connectivity index (χ4v) is 3.40. The summed E-state index contributed by atoms with van der Waals surface area (Å²) >= 11 is 0. The molecule has 0 aromatic heterocycles. The van der Waals surface area contributed by atoms with Gasteiger partial charge in [0, 0.05) is 6.04 Å². The highest BCUT2D eigenvalue weighted by Gasteiger charge is 2.40. The minimum Gasteiger partial charge on any atom is -0.507 e. The molecule has 2 bridgehead atoms. The molecule has 2 N–H and O–H groups in total. The largest absolute Gasteiger partial charge is 0.507 e. The van der Waals surface area contributed by atoms with E-state index in [-0.39, 0.29) is 17.4 Å². The van der Waals surface area contributed by atoms with Crippen LogP contribution in [0.1, 0.15) is 36.0 Å². The Labute approximate surface area is 105 Å². The summed E-state index contributed by atoms with van der Waals surface area (Å²) in [5, 5.41) is 12.4. The van der Waals surface area contributed by atoms with E-state index in [0.29, 0.717) is 5.92 Å². The second-order valence-corrected chi connectivity index (χ2v) is 5.39. The summed E-state index contributed by atoms with van der Waals surface area (Å²) < 4.78 is 13.5. The molecule has 96 valence electrons. The van der Waals surface area contributed by atoms with Crippen molar-refractivity contribution in [2.24, 2.45) is 11.8 Å². The van der Waals surface area contributed by atoms with Gasteiger partial charge in [-0.25, -0.2) is 4.39 Å². The third-order valence-corrected chi connectivity index (χ3v) is 4.27. The molecule has 3 nitrogen and oxygen atoms in total. The number of amides is 1. The molecule has 2 aliphatic rings. The van der Waals surface area contributed by atoms with Gasteiger partial charge in [0.25, 0.3) is 5.91 Å². The molecule has 2 fully saturated rings. The minimum absolute atomic E-state index is 0.148. The van der Waals surface area contributed by atoms with Crippen molar-refractivity contribution < 1.29 is 14.3 Å².